The van der Waals surface area contributed by atoms with Gasteiger partial charge in [-0.15, -0.1) is 0 Å². The van der Waals surface area contributed by atoms with Gasteiger partial charge in [0.05, 0.1) is 5.56 Å². The number of aliphatic carboxylic acids is 1. The maximum Gasteiger partial charge on any atom is 0.303 e. The molecule has 0 aliphatic carbocycles. The van der Waals surface area contributed by atoms with Gasteiger partial charge in [-0.1, -0.05) is 54.4 Å². The summed E-state index contributed by atoms with van der Waals surface area (Å²) >= 11 is 0. The van der Waals surface area contributed by atoms with Crippen molar-refractivity contribution in [2.24, 2.45) is 0 Å². The van der Waals surface area contributed by atoms with Crippen molar-refractivity contribution in [1.82, 2.24) is 5.32 Å². The number of carboxylic acids is 1. The molecule has 0 saturated carbocycles. The van der Waals surface area contributed by atoms with Gasteiger partial charge in [0, 0.05) is 24.1 Å². The lowest BCUT2D eigenvalue weighted by Gasteiger charge is -2.10. The van der Waals surface area contributed by atoms with Crippen LogP contribution in [0.5, 0.6) is 0 Å². The number of ketones is 1. The molecule has 0 bridgehead atoms. The van der Waals surface area contributed by atoms with Crippen LogP contribution >= 0.6 is 0 Å². The molecule has 0 unspecified atom stereocenters. The number of aryl methyl sites for hydroxylation is 1. The van der Waals surface area contributed by atoms with E-state index in [4.69, 9.17) is 5.11 Å². The Morgan fingerprint density at radius 2 is 1.54 bits per heavy atom. The number of unbranched alkanes of at least 4 members (excludes halogenated alkanes) is 2. The third kappa shape index (κ3) is 5.55. The highest BCUT2D eigenvalue weighted by Crippen LogP contribution is 2.15. The van der Waals surface area contributed by atoms with E-state index in [1.807, 2.05) is 19.1 Å². The Balaban J connectivity index is 1.99. The summed E-state index contributed by atoms with van der Waals surface area (Å²) in [6.07, 6.45) is 2.17. The van der Waals surface area contributed by atoms with Crippen LogP contribution in [0.25, 0.3) is 0 Å². The van der Waals surface area contributed by atoms with Crippen molar-refractivity contribution in [3.05, 3.63) is 70.8 Å². The number of carbonyl (C=O) groups is 3. The number of rotatable bonds is 9. The fourth-order valence-corrected chi connectivity index (χ4v) is 2.61. The molecule has 1 amide bonds. The van der Waals surface area contributed by atoms with Gasteiger partial charge >= 0.3 is 5.97 Å². The molecule has 0 fully saturated rings. The monoisotopic (exact) mass is 353 g/mol. The number of amides is 1. The third-order valence-electron chi connectivity index (χ3n) is 4.08. The minimum absolute atomic E-state index is 0.141. The molecule has 5 heteroatoms. The number of hydrogen-bond donors (Lipinski definition) is 2. The van der Waals surface area contributed by atoms with Crippen molar-refractivity contribution in [2.45, 2.75) is 32.6 Å². The zero-order chi connectivity index (χ0) is 18.9. The smallest absolute Gasteiger partial charge is 0.303 e. The fraction of sp³-hybridized carbons (Fsp3) is 0.286. The summed E-state index contributed by atoms with van der Waals surface area (Å²) < 4.78 is 0. The van der Waals surface area contributed by atoms with E-state index in [2.05, 4.69) is 5.32 Å². The summed E-state index contributed by atoms with van der Waals surface area (Å²) in [5, 5.41) is 11.4. The minimum Gasteiger partial charge on any atom is -0.481 e. The number of hydrogen-bond acceptors (Lipinski definition) is 3. The quantitative estimate of drug-likeness (QED) is 0.533. The Bertz CT molecular complexity index is 781. The van der Waals surface area contributed by atoms with Crippen LogP contribution in [0.3, 0.4) is 0 Å². The zero-order valence-corrected chi connectivity index (χ0v) is 14.8. The van der Waals surface area contributed by atoms with Gasteiger partial charge in [0.25, 0.3) is 5.91 Å². The van der Waals surface area contributed by atoms with Gasteiger partial charge in [0.2, 0.25) is 0 Å². The van der Waals surface area contributed by atoms with Crippen molar-refractivity contribution in [3.63, 3.8) is 0 Å². The Morgan fingerprint density at radius 3 is 2.19 bits per heavy atom. The summed E-state index contributed by atoms with van der Waals surface area (Å²) in [5.41, 5.74) is 2.34. The van der Waals surface area contributed by atoms with Crippen molar-refractivity contribution in [2.75, 3.05) is 6.54 Å². The highest BCUT2D eigenvalue weighted by atomic mass is 16.4. The molecular formula is C21H23NO4. The molecule has 0 aliphatic rings. The molecule has 0 aliphatic heterocycles. The average molecular weight is 353 g/mol. The van der Waals surface area contributed by atoms with Gasteiger partial charge in [-0.3, -0.25) is 14.4 Å². The SMILES string of the molecule is Cc1ccc(C(=O)c2ccccc2C(=O)NCCCCCC(=O)O)cc1. The second-order valence-electron chi connectivity index (χ2n) is 6.20. The van der Waals surface area contributed by atoms with E-state index in [1.54, 1.807) is 36.4 Å². The number of carbonyl (C=O) groups excluding carboxylic acids is 2. The van der Waals surface area contributed by atoms with E-state index < -0.39 is 5.97 Å². The highest BCUT2D eigenvalue weighted by Gasteiger charge is 2.17. The lowest BCUT2D eigenvalue weighted by Crippen LogP contribution is -2.26. The summed E-state index contributed by atoms with van der Waals surface area (Å²) in [6.45, 7) is 2.40. The molecule has 2 rings (SSSR count). The summed E-state index contributed by atoms with van der Waals surface area (Å²) in [6, 6.07) is 14.0. The standard InChI is InChI=1S/C21H23NO4/c1-15-10-12-16(13-11-15)20(25)17-7-4-5-8-18(17)21(26)22-14-6-2-3-9-19(23)24/h4-5,7-8,10-13H,2-3,6,9,14H2,1H3,(H,22,26)(H,23,24). The topological polar surface area (TPSA) is 83.5 Å². The van der Waals surface area contributed by atoms with Crippen LogP contribution in [0.15, 0.2) is 48.5 Å². The Hall–Kier alpha value is -2.95. The first kappa shape index (κ1) is 19.4. The average Bonchev–Trinajstić information content (AvgIpc) is 2.64. The number of nitrogens with one attached hydrogen (secondary N) is 1. The molecular weight excluding hydrogens is 330 g/mol. The first-order valence-corrected chi connectivity index (χ1v) is 8.69. The molecule has 26 heavy (non-hydrogen) atoms. The Kier molecular flexibility index (Phi) is 7.09. The van der Waals surface area contributed by atoms with Crippen LogP contribution in [-0.4, -0.2) is 29.3 Å². The molecule has 0 radical (unpaired) electrons. The second kappa shape index (κ2) is 9.51. The van der Waals surface area contributed by atoms with Gasteiger partial charge in [-0.2, -0.15) is 0 Å². The predicted octanol–water partition coefficient (Wildman–Crippen LogP) is 3.60. The lowest BCUT2D eigenvalue weighted by atomic mass is 9.97. The van der Waals surface area contributed by atoms with Crippen LogP contribution in [-0.2, 0) is 4.79 Å². The molecule has 0 atom stereocenters. The van der Waals surface area contributed by atoms with E-state index in [0.717, 1.165) is 12.0 Å². The lowest BCUT2D eigenvalue weighted by molar-refractivity contribution is -0.137. The summed E-state index contributed by atoms with van der Waals surface area (Å²) in [5.74, 6) is -1.28. The van der Waals surface area contributed by atoms with Gasteiger partial charge in [0.15, 0.2) is 5.78 Å². The van der Waals surface area contributed by atoms with Gasteiger partial charge < -0.3 is 10.4 Å². The molecule has 2 aromatic rings. The first-order chi connectivity index (χ1) is 12.5. The van der Waals surface area contributed by atoms with E-state index in [9.17, 15) is 14.4 Å². The van der Waals surface area contributed by atoms with Crippen LogP contribution < -0.4 is 5.32 Å². The van der Waals surface area contributed by atoms with Crippen molar-refractivity contribution < 1.29 is 19.5 Å². The van der Waals surface area contributed by atoms with Crippen LogP contribution in [0.2, 0.25) is 0 Å². The number of benzene rings is 2. The van der Waals surface area contributed by atoms with Gasteiger partial charge in [-0.25, -0.2) is 0 Å². The van der Waals surface area contributed by atoms with Gasteiger partial charge in [0.1, 0.15) is 0 Å². The highest BCUT2D eigenvalue weighted by molar-refractivity contribution is 6.15. The number of carboxylic acid groups (broad SMARTS) is 1. The maximum absolute atomic E-state index is 12.7. The molecule has 2 aromatic carbocycles. The normalized spacial score (nSPS) is 10.3. The third-order valence-corrected chi connectivity index (χ3v) is 4.08. The second-order valence-corrected chi connectivity index (χ2v) is 6.20. The Labute approximate surface area is 153 Å². The molecule has 0 saturated heterocycles. The molecule has 5 nitrogen and oxygen atoms in total. The minimum atomic E-state index is -0.808. The maximum atomic E-state index is 12.7. The van der Waals surface area contributed by atoms with E-state index >= 15 is 0 Å². The molecule has 0 aromatic heterocycles. The molecule has 0 spiro atoms. The van der Waals surface area contributed by atoms with Crippen LogP contribution in [0, 0.1) is 6.92 Å². The van der Waals surface area contributed by atoms with Crippen LogP contribution in [0.4, 0.5) is 0 Å². The summed E-state index contributed by atoms with van der Waals surface area (Å²) in [4.78, 5) is 35.6. The zero-order valence-electron chi connectivity index (χ0n) is 14.8. The van der Waals surface area contributed by atoms with Crippen molar-refractivity contribution in [1.29, 1.82) is 0 Å². The summed E-state index contributed by atoms with van der Waals surface area (Å²) in [7, 11) is 0. The molecule has 2 N–H and O–H groups in total. The van der Waals surface area contributed by atoms with E-state index in [1.165, 1.54) is 0 Å². The molecule has 0 heterocycles. The predicted molar refractivity (Wildman–Crippen MR) is 99.5 cm³/mol. The largest absolute Gasteiger partial charge is 0.481 e. The molecule has 136 valence electrons. The van der Waals surface area contributed by atoms with Gasteiger partial charge in [-0.05, 0) is 25.8 Å². The Morgan fingerprint density at radius 1 is 0.885 bits per heavy atom. The fourth-order valence-electron chi connectivity index (χ4n) is 2.61. The van der Waals surface area contributed by atoms with E-state index in [-0.39, 0.29) is 18.1 Å². The van der Waals surface area contributed by atoms with Crippen molar-refractivity contribution in [3.8, 4) is 0 Å². The first-order valence-electron chi connectivity index (χ1n) is 8.69. The van der Waals surface area contributed by atoms with Crippen molar-refractivity contribution >= 4 is 17.7 Å². The van der Waals surface area contributed by atoms with Crippen LogP contribution in [0.1, 0.15) is 57.5 Å². The van der Waals surface area contributed by atoms with E-state index in [0.29, 0.717) is 36.1 Å².